The van der Waals surface area contributed by atoms with E-state index in [1.54, 1.807) is 0 Å². The van der Waals surface area contributed by atoms with Gasteiger partial charge in [-0.25, -0.2) is 0 Å². The third kappa shape index (κ3) is 2.95. The molecule has 0 N–H and O–H groups in total. The van der Waals surface area contributed by atoms with E-state index >= 15 is 0 Å². The lowest BCUT2D eigenvalue weighted by molar-refractivity contribution is -0.0903. The lowest BCUT2D eigenvalue weighted by Gasteiger charge is -2.20. The van der Waals surface area contributed by atoms with Gasteiger partial charge in [0.1, 0.15) is 21.5 Å². The van der Waals surface area contributed by atoms with E-state index < -0.39 is 0 Å². The molecule has 3 rings (SSSR count). The Bertz CT molecular complexity index is 528. The molecule has 6 heteroatoms. The van der Waals surface area contributed by atoms with Crippen LogP contribution in [0, 0.1) is 0 Å². The predicted octanol–water partition coefficient (Wildman–Crippen LogP) is 2.95. The largest absolute Gasteiger partial charge is 0.376 e. The summed E-state index contributed by atoms with van der Waals surface area (Å²) >= 11 is 7.90. The van der Waals surface area contributed by atoms with Crippen molar-refractivity contribution in [2.45, 2.75) is 11.5 Å². The zero-order valence-electron chi connectivity index (χ0n) is 10.2. The summed E-state index contributed by atoms with van der Waals surface area (Å²) in [5, 5.41) is 9.69. The normalized spacial score (nSPS) is 21.2. The smallest absolute Gasteiger partial charge is 0.148 e. The molecule has 2 aromatic rings. The second-order valence-corrected chi connectivity index (χ2v) is 5.66. The summed E-state index contributed by atoms with van der Waals surface area (Å²) < 4.78 is 11.0. The van der Waals surface area contributed by atoms with Crippen LogP contribution in [-0.2, 0) is 9.47 Å². The molecule has 1 saturated heterocycles. The average molecular weight is 297 g/mol. The molecule has 100 valence electrons. The molecule has 1 aliphatic heterocycles. The van der Waals surface area contributed by atoms with Crippen LogP contribution in [0.15, 0.2) is 30.3 Å². The number of halogens is 1. The SMILES string of the molecule is ClC(c1ccccc1)c1nnc(C2COCCO2)s1. The molecule has 2 unspecified atom stereocenters. The fraction of sp³-hybridized carbons (Fsp3) is 0.385. The monoisotopic (exact) mass is 296 g/mol. The third-order valence-electron chi connectivity index (χ3n) is 2.86. The van der Waals surface area contributed by atoms with Crippen LogP contribution in [0.4, 0.5) is 0 Å². The molecule has 0 radical (unpaired) electrons. The standard InChI is InChI=1S/C13H13ClN2O2S/c14-11(9-4-2-1-3-5-9)13-16-15-12(19-13)10-8-17-6-7-18-10/h1-5,10-11H,6-8H2. The second-order valence-electron chi connectivity index (χ2n) is 4.19. The molecule has 0 bridgehead atoms. The number of nitrogens with zero attached hydrogens (tertiary/aromatic N) is 2. The number of hydrogen-bond acceptors (Lipinski definition) is 5. The summed E-state index contributed by atoms with van der Waals surface area (Å²) in [7, 11) is 0. The highest BCUT2D eigenvalue weighted by molar-refractivity contribution is 7.11. The molecule has 2 atom stereocenters. The van der Waals surface area contributed by atoms with Crippen LogP contribution in [0.1, 0.15) is 27.1 Å². The van der Waals surface area contributed by atoms with Crippen LogP contribution in [0.5, 0.6) is 0 Å². The zero-order valence-corrected chi connectivity index (χ0v) is 11.7. The van der Waals surface area contributed by atoms with Gasteiger partial charge in [-0.15, -0.1) is 21.8 Å². The van der Waals surface area contributed by atoms with Crippen LogP contribution < -0.4 is 0 Å². The van der Waals surface area contributed by atoms with Crippen LogP contribution in [0.25, 0.3) is 0 Å². The minimum absolute atomic E-state index is 0.111. The highest BCUT2D eigenvalue weighted by atomic mass is 35.5. The summed E-state index contributed by atoms with van der Waals surface area (Å²) in [5.74, 6) is 0. The van der Waals surface area contributed by atoms with Gasteiger partial charge in [0.05, 0.1) is 19.8 Å². The molecule has 1 aromatic heterocycles. The van der Waals surface area contributed by atoms with Crippen LogP contribution in [0.3, 0.4) is 0 Å². The summed E-state index contributed by atoms with van der Waals surface area (Å²) in [6.07, 6.45) is -0.111. The lowest BCUT2D eigenvalue weighted by atomic mass is 10.1. The van der Waals surface area contributed by atoms with Crippen molar-refractivity contribution in [3.63, 3.8) is 0 Å². The van der Waals surface area contributed by atoms with E-state index in [9.17, 15) is 0 Å². The van der Waals surface area contributed by atoms with Crippen molar-refractivity contribution < 1.29 is 9.47 Å². The van der Waals surface area contributed by atoms with Crippen molar-refractivity contribution in [3.8, 4) is 0 Å². The van der Waals surface area contributed by atoms with Gasteiger partial charge in [-0.05, 0) is 5.56 Å². The molecule has 1 aliphatic rings. The van der Waals surface area contributed by atoms with Gasteiger partial charge in [-0.2, -0.15) is 0 Å². The van der Waals surface area contributed by atoms with Crippen molar-refractivity contribution in [2.24, 2.45) is 0 Å². The number of alkyl halides is 1. The molecule has 2 heterocycles. The van der Waals surface area contributed by atoms with Crippen molar-refractivity contribution in [3.05, 3.63) is 45.9 Å². The summed E-state index contributed by atoms with van der Waals surface area (Å²) in [6.45, 7) is 1.78. The molecule has 0 amide bonds. The molecular formula is C13H13ClN2O2S. The first-order chi connectivity index (χ1) is 9.34. The molecular weight excluding hydrogens is 284 g/mol. The van der Waals surface area contributed by atoms with E-state index in [1.807, 2.05) is 30.3 Å². The van der Waals surface area contributed by atoms with Gasteiger partial charge in [-0.1, -0.05) is 41.7 Å². The first kappa shape index (κ1) is 13.0. The Morgan fingerprint density at radius 2 is 2.05 bits per heavy atom. The number of hydrogen-bond donors (Lipinski definition) is 0. The van der Waals surface area contributed by atoms with Gasteiger partial charge in [0.2, 0.25) is 0 Å². The summed E-state index contributed by atoms with van der Waals surface area (Å²) in [6, 6.07) is 9.86. The van der Waals surface area contributed by atoms with Crippen LogP contribution in [-0.4, -0.2) is 30.0 Å². The van der Waals surface area contributed by atoms with Crippen molar-refractivity contribution >= 4 is 22.9 Å². The van der Waals surface area contributed by atoms with Crippen molar-refractivity contribution in [2.75, 3.05) is 19.8 Å². The summed E-state index contributed by atoms with van der Waals surface area (Å²) in [5.41, 5.74) is 1.02. The maximum absolute atomic E-state index is 6.42. The highest BCUT2D eigenvalue weighted by Gasteiger charge is 2.23. The molecule has 1 fully saturated rings. The lowest BCUT2D eigenvalue weighted by Crippen LogP contribution is -2.21. The average Bonchev–Trinajstić information content (AvgIpc) is 2.98. The number of ether oxygens (including phenoxy) is 2. The third-order valence-corrected chi connectivity index (χ3v) is 4.52. The quantitative estimate of drug-likeness (QED) is 0.817. The van der Waals surface area contributed by atoms with Crippen molar-refractivity contribution in [1.82, 2.24) is 10.2 Å². The maximum atomic E-state index is 6.42. The maximum Gasteiger partial charge on any atom is 0.148 e. The number of benzene rings is 1. The van der Waals surface area contributed by atoms with Crippen LogP contribution >= 0.6 is 22.9 Å². The fourth-order valence-corrected chi connectivity index (χ4v) is 3.08. The molecule has 4 nitrogen and oxygen atoms in total. The van der Waals surface area contributed by atoms with Gasteiger partial charge >= 0.3 is 0 Å². The van der Waals surface area contributed by atoms with Gasteiger partial charge in [-0.3, -0.25) is 0 Å². The predicted molar refractivity (Wildman–Crippen MR) is 73.6 cm³/mol. The zero-order chi connectivity index (χ0) is 13.1. The van der Waals surface area contributed by atoms with Gasteiger partial charge in [0, 0.05) is 0 Å². The van der Waals surface area contributed by atoms with E-state index in [4.69, 9.17) is 21.1 Å². The fourth-order valence-electron chi connectivity index (χ4n) is 1.87. The Kier molecular flexibility index (Phi) is 4.08. The van der Waals surface area contributed by atoms with Gasteiger partial charge in [0.25, 0.3) is 0 Å². The Morgan fingerprint density at radius 1 is 1.21 bits per heavy atom. The Morgan fingerprint density at radius 3 is 2.79 bits per heavy atom. The highest BCUT2D eigenvalue weighted by Crippen LogP contribution is 2.33. The Labute approximate surface area is 120 Å². The van der Waals surface area contributed by atoms with Gasteiger partial charge < -0.3 is 9.47 Å². The molecule has 1 aromatic carbocycles. The van der Waals surface area contributed by atoms with E-state index in [0.717, 1.165) is 15.6 Å². The first-order valence-corrected chi connectivity index (χ1v) is 7.31. The van der Waals surface area contributed by atoms with Crippen LogP contribution in [0.2, 0.25) is 0 Å². The molecule has 0 spiro atoms. The minimum atomic E-state index is -0.267. The van der Waals surface area contributed by atoms with Gasteiger partial charge in [0.15, 0.2) is 0 Å². The number of rotatable bonds is 3. The molecule has 19 heavy (non-hydrogen) atoms. The Hall–Kier alpha value is -1.01. The van der Waals surface area contributed by atoms with E-state index in [0.29, 0.717) is 19.8 Å². The van der Waals surface area contributed by atoms with E-state index in [2.05, 4.69) is 10.2 Å². The van der Waals surface area contributed by atoms with Crippen molar-refractivity contribution in [1.29, 1.82) is 0 Å². The Balaban J connectivity index is 1.77. The summed E-state index contributed by atoms with van der Waals surface area (Å²) in [4.78, 5) is 0. The second kappa shape index (κ2) is 5.96. The number of aromatic nitrogens is 2. The molecule has 0 aliphatic carbocycles. The van der Waals surface area contributed by atoms with E-state index in [-0.39, 0.29) is 11.5 Å². The first-order valence-electron chi connectivity index (χ1n) is 6.06. The molecule has 0 saturated carbocycles. The minimum Gasteiger partial charge on any atom is -0.376 e. The van der Waals surface area contributed by atoms with E-state index in [1.165, 1.54) is 11.3 Å². The topological polar surface area (TPSA) is 44.2 Å².